The summed E-state index contributed by atoms with van der Waals surface area (Å²) in [6.45, 7) is 1.95. The number of halogens is 3. The van der Waals surface area contributed by atoms with Gasteiger partial charge in [0.1, 0.15) is 0 Å². The number of hydrogen-bond acceptors (Lipinski definition) is 3. The maximum atomic E-state index is 12.9. The monoisotopic (exact) mass is 416 g/mol. The molecule has 0 spiro atoms. The summed E-state index contributed by atoms with van der Waals surface area (Å²) in [5, 5.41) is 2.40. The van der Waals surface area contributed by atoms with Crippen molar-refractivity contribution in [3.63, 3.8) is 0 Å². The zero-order valence-electron chi connectivity index (χ0n) is 15.3. The summed E-state index contributed by atoms with van der Waals surface area (Å²) in [5.74, 6) is -0.333. The summed E-state index contributed by atoms with van der Waals surface area (Å²) < 4.78 is 66.6. The van der Waals surface area contributed by atoms with Gasteiger partial charge in [-0.2, -0.15) is 21.6 Å². The van der Waals surface area contributed by atoms with Crippen molar-refractivity contribution in [3.8, 4) is 5.75 Å². The van der Waals surface area contributed by atoms with Crippen LogP contribution in [0.5, 0.6) is 5.75 Å². The minimum absolute atomic E-state index is 0.292. The van der Waals surface area contributed by atoms with E-state index < -0.39 is 15.6 Å². The van der Waals surface area contributed by atoms with E-state index in [1.165, 1.54) is 6.07 Å². The van der Waals surface area contributed by atoms with Crippen molar-refractivity contribution >= 4 is 32.5 Å². The van der Waals surface area contributed by atoms with Crippen molar-refractivity contribution in [2.75, 3.05) is 0 Å². The maximum Gasteiger partial charge on any atom is 0.534 e. The Labute approximate surface area is 165 Å². The third-order valence-corrected chi connectivity index (χ3v) is 5.94. The second-order valence-electron chi connectivity index (χ2n) is 6.70. The van der Waals surface area contributed by atoms with Gasteiger partial charge in [-0.1, -0.05) is 48.9 Å². The molecule has 0 saturated heterocycles. The van der Waals surface area contributed by atoms with Crippen LogP contribution in [0.1, 0.15) is 24.5 Å². The molecule has 0 aromatic heterocycles. The van der Waals surface area contributed by atoms with Crippen LogP contribution in [-0.2, 0) is 16.5 Å². The fourth-order valence-corrected chi connectivity index (χ4v) is 4.02. The van der Waals surface area contributed by atoms with Crippen LogP contribution < -0.4 is 14.6 Å². The molecule has 0 aliphatic heterocycles. The van der Waals surface area contributed by atoms with Crippen LogP contribution in [0.25, 0.3) is 22.4 Å². The molecule has 0 amide bonds. The third kappa shape index (κ3) is 3.34. The van der Waals surface area contributed by atoms with Crippen LogP contribution in [0.2, 0.25) is 0 Å². The van der Waals surface area contributed by atoms with Crippen molar-refractivity contribution in [3.05, 3.63) is 76.2 Å². The first-order valence-electron chi connectivity index (χ1n) is 8.88. The summed E-state index contributed by atoms with van der Waals surface area (Å²) in [4.78, 5) is 0. The van der Waals surface area contributed by atoms with Gasteiger partial charge in [0.15, 0.2) is 5.75 Å². The van der Waals surface area contributed by atoms with Gasteiger partial charge >= 0.3 is 15.6 Å². The van der Waals surface area contributed by atoms with Crippen molar-refractivity contribution in [1.29, 1.82) is 0 Å². The van der Waals surface area contributed by atoms with Gasteiger partial charge in [-0.3, -0.25) is 0 Å². The number of benzene rings is 2. The lowest BCUT2D eigenvalue weighted by Gasteiger charge is -2.13. The molecular formula is C22H15F3O3S. The predicted octanol–water partition coefficient (Wildman–Crippen LogP) is 3.61. The number of rotatable bonds is 3. The lowest BCUT2D eigenvalue weighted by molar-refractivity contribution is -0.0499. The Balaban J connectivity index is 2.10. The Morgan fingerprint density at radius 3 is 2.48 bits per heavy atom. The molecule has 1 aliphatic carbocycles. The summed E-state index contributed by atoms with van der Waals surface area (Å²) in [5.41, 5.74) is -2.58. The molecule has 3 aromatic carbocycles. The summed E-state index contributed by atoms with van der Waals surface area (Å²) >= 11 is 0. The van der Waals surface area contributed by atoms with Gasteiger partial charge in [-0.05, 0) is 64.1 Å². The minimum atomic E-state index is -5.79. The maximum absolute atomic E-state index is 12.9. The molecule has 3 aromatic rings. The number of hydrogen-bond donors (Lipinski definition) is 0. The smallest absolute Gasteiger partial charge is 0.375 e. The molecular weight excluding hydrogens is 401 g/mol. The van der Waals surface area contributed by atoms with E-state index in [4.69, 9.17) is 0 Å². The Morgan fingerprint density at radius 1 is 1.10 bits per heavy atom. The lowest BCUT2D eigenvalue weighted by Crippen LogP contribution is -2.31. The van der Waals surface area contributed by atoms with Crippen LogP contribution in [0.4, 0.5) is 13.2 Å². The topological polar surface area (TPSA) is 43.4 Å². The standard InChI is InChI=1S/C22H15F3O3S/c1-2-14-11-15-7-3-4-8-16(15)12-20-17-9-5-6-10-18(17)21(13-19(14)20)28-29(26,27)22(23,24)25/h5-10,12-13H,2,11H2,1H3. The van der Waals surface area contributed by atoms with Crippen LogP contribution in [-0.4, -0.2) is 13.9 Å². The van der Waals surface area contributed by atoms with Crippen LogP contribution in [0, 0.1) is 12.1 Å². The fourth-order valence-electron chi connectivity index (χ4n) is 3.55. The van der Waals surface area contributed by atoms with Crippen molar-refractivity contribution in [2.24, 2.45) is 0 Å². The molecule has 0 heterocycles. The molecule has 0 N–H and O–H groups in total. The van der Waals surface area contributed by atoms with Crippen LogP contribution in [0.3, 0.4) is 0 Å². The van der Waals surface area contributed by atoms with Gasteiger partial charge in [0.25, 0.3) is 0 Å². The average Bonchev–Trinajstić information content (AvgIpc) is 2.83. The Morgan fingerprint density at radius 2 is 1.79 bits per heavy atom. The van der Waals surface area contributed by atoms with Gasteiger partial charge in [0.05, 0.1) is 0 Å². The van der Waals surface area contributed by atoms with Crippen molar-refractivity contribution in [1.82, 2.24) is 0 Å². The van der Waals surface area contributed by atoms with Gasteiger partial charge in [0, 0.05) is 5.39 Å². The zero-order chi connectivity index (χ0) is 20.8. The Bertz CT molecular complexity index is 1340. The first kappa shape index (κ1) is 19.3. The van der Waals surface area contributed by atoms with Gasteiger partial charge < -0.3 is 4.18 Å². The first-order chi connectivity index (χ1) is 13.7. The molecule has 0 radical (unpaired) electrons. The molecule has 7 heteroatoms. The second kappa shape index (κ2) is 6.82. The first-order valence-corrected chi connectivity index (χ1v) is 10.3. The number of alkyl halides is 3. The van der Waals surface area contributed by atoms with E-state index in [-0.39, 0.29) is 5.75 Å². The molecule has 0 unspecified atom stereocenters. The zero-order valence-corrected chi connectivity index (χ0v) is 16.1. The quantitative estimate of drug-likeness (QED) is 0.484. The lowest BCUT2D eigenvalue weighted by atomic mass is 9.99. The summed E-state index contributed by atoms with van der Waals surface area (Å²) in [6.07, 6.45) is 3.16. The fraction of sp³-hybridized carbons (Fsp3) is 0.182. The highest BCUT2D eigenvalue weighted by Gasteiger charge is 2.48. The molecule has 148 valence electrons. The normalized spacial score (nSPS) is 13.7. The molecule has 1 aliphatic rings. The highest BCUT2D eigenvalue weighted by molar-refractivity contribution is 7.88. The SMILES string of the molecule is CCC1=c2cc(OS(=O)(=O)C(F)(F)F)c3ccccc3c2=Cc2cc#ccc2C1. The third-order valence-electron chi connectivity index (χ3n) is 4.97. The van der Waals surface area contributed by atoms with Crippen molar-refractivity contribution in [2.45, 2.75) is 25.3 Å². The molecule has 0 bridgehead atoms. The summed E-state index contributed by atoms with van der Waals surface area (Å²) in [6, 6.07) is 17.6. The summed E-state index contributed by atoms with van der Waals surface area (Å²) in [7, 11) is -5.79. The minimum Gasteiger partial charge on any atom is -0.375 e. The van der Waals surface area contributed by atoms with Gasteiger partial charge in [-0.25, -0.2) is 0 Å². The van der Waals surface area contributed by atoms with Gasteiger partial charge in [-0.15, -0.1) is 0 Å². The van der Waals surface area contributed by atoms with E-state index in [9.17, 15) is 21.6 Å². The number of fused-ring (bicyclic) bond motifs is 4. The van der Waals surface area contributed by atoms with Gasteiger partial charge in [0.2, 0.25) is 0 Å². The molecule has 4 rings (SSSR count). The molecule has 29 heavy (non-hydrogen) atoms. The molecule has 3 nitrogen and oxygen atoms in total. The molecule has 0 fully saturated rings. The van der Waals surface area contributed by atoms with E-state index in [0.717, 1.165) is 21.9 Å². The second-order valence-corrected chi connectivity index (χ2v) is 8.24. The highest BCUT2D eigenvalue weighted by Crippen LogP contribution is 2.30. The molecule has 0 saturated carbocycles. The Hall–Kier alpha value is -2.98. The van der Waals surface area contributed by atoms with Crippen molar-refractivity contribution < 1.29 is 25.8 Å². The van der Waals surface area contributed by atoms with E-state index in [1.807, 2.05) is 25.1 Å². The Kier molecular flexibility index (Phi) is 4.55. The van der Waals surface area contributed by atoms with E-state index in [2.05, 4.69) is 16.3 Å². The highest BCUT2D eigenvalue weighted by atomic mass is 32.2. The van der Waals surface area contributed by atoms with E-state index in [0.29, 0.717) is 28.8 Å². The molecule has 0 atom stereocenters. The average molecular weight is 416 g/mol. The van der Waals surface area contributed by atoms with E-state index >= 15 is 0 Å². The van der Waals surface area contributed by atoms with Crippen LogP contribution in [0.15, 0.2) is 42.5 Å². The van der Waals surface area contributed by atoms with E-state index in [1.54, 1.807) is 24.3 Å². The predicted molar refractivity (Wildman–Crippen MR) is 104 cm³/mol. The largest absolute Gasteiger partial charge is 0.534 e. The van der Waals surface area contributed by atoms with Crippen LogP contribution >= 0.6 is 0 Å².